The van der Waals surface area contributed by atoms with Gasteiger partial charge in [-0.05, 0) is 29.1 Å². The number of nitrogens with one attached hydrogen (secondary N) is 1. The lowest BCUT2D eigenvalue weighted by Crippen LogP contribution is -2.32. The number of carbonyl (C=O) groups excluding carboxylic acids is 2. The van der Waals surface area contributed by atoms with Gasteiger partial charge in [-0.2, -0.15) is 5.10 Å². The number of ether oxygens (including phenoxy) is 2. The Balaban J connectivity index is 1.80. The molecule has 1 amide bonds. The number of H-pyrrole nitrogens is 1. The van der Waals surface area contributed by atoms with Crippen LogP contribution in [0, 0.1) is 0 Å². The molecule has 1 aromatic carbocycles. The molecule has 3 aromatic rings. The van der Waals surface area contributed by atoms with Gasteiger partial charge >= 0.3 is 5.97 Å². The molecule has 2 aromatic heterocycles. The van der Waals surface area contributed by atoms with E-state index in [0.29, 0.717) is 24.4 Å². The highest BCUT2D eigenvalue weighted by Crippen LogP contribution is 2.43. The van der Waals surface area contributed by atoms with Gasteiger partial charge in [-0.1, -0.05) is 18.2 Å². The van der Waals surface area contributed by atoms with Gasteiger partial charge in [-0.25, -0.2) is 4.79 Å². The topological polar surface area (TPSA) is 84.5 Å². The van der Waals surface area contributed by atoms with Crippen molar-refractivity contribution in [2.24, 2.45) is 0 Å². The van der Waals surface area contributed by atoms with Crippen molar-refractivity contribution in [2.75, 3.05) is 27.4 Å². The quantitative estimate of drug-likeness (QED) is 0.646. The second-order valence-corrected chi connectivity index (χ2v) is 7.29. The summed E-state index contributed by atoms with van der Waals surface area (Å²) in [4.78, 5) is 27.5. The molecule has 3 heterocycles. The van der Waals surface area contributed by atoms with Crippen LogP contribution in [-0.4, -0.2) is 54.3 Å². The summed E-state index contributed by atoms with van der Waals surface area (Å²) in [6.45, 7) is 0.865. The van der Waals surface area contributed by atoms with Crippen molar-refractivity contribution >= 4 is 23.2 Å². The number of amides is 1. The summed E-state index contributed by atoms with van der Waals surface area (Å²) < 4.78 is 9.97. The van der Waals surface area contributed by atoms with Crippen molar-refractivity contribution < 1.29 is 19.1 Å². The monoisotopic (exact) mass is 397 g/mol. The number of hydrogen-bond donors (Lipinski definition) is 1. The minimum atomic E-state index is -0.395. The van der Waals surface area contributed by atoms with Crippen LogP contribution in [-0.2, 0) is 9.47 Å². The fourth-order valence-electron chi connectivity index (χ4n) is 3.48. The van der Waals surface area contributed by atoms with Gasteiger partial charge in [0.15, 0.2) is 5.69 Å². The van der Waals surface area contributed by atoms with Crippen molar-refractivity contribution in [1.29, 1.82) is 0 Å². The van der Waals surface area contributed by atoms with Gasteiger partial charge in [0.2, 0.25) is 0 Å². The Hall–Kier alpha value is -2.97. The van der Waals surface area contributed by atoms with E-state index in [2.05, 4.69) is 10.2 Å². The summed E-state index contributed by atoms with van der Waals surface area (Å²) in [5.74, 6) is -0.526. The van der Waals surface area contributed by atoms with E-state index >= 15 is 0 Å². The number of rotatable bonds is 6. The largest absolute Gasteiger partial charge is 0.465 e. The molecule has 1 aliphatic heterocycles. The molecule has 0 radical (unpaired) electrons. The first kappa shape index (κ1) is 18.4. The highest BCUT2D eigenvalue weighted by atomic mass is 32.1. The van der Waals surface area contributed by atoms with Gasteiger partial charge in [-0.3, -0.25) is 9.89 Å². The number of methoxy groups -OCH3 is 2. The normalized spacial score (nSPS) is 15.7. The minimum Gasteiger partial charge on any atom is -0.465 e. The zero-order chi connectivity index (χ0) is 19.7. The molecule has 4 rings (SSSR count). The fraction of sp³-hybridized carbons (Fsp3) is 0.250. The molecule has 0 saturated heterocycles. The van der Waals surface area contributed by atoms with E-state index in [9.17, 15) is 9.59 Å². The molecular weight excluding hydrogens is 378 g/mol. The fourth-order valence-corrected chi connectivity index (χ4v) is 4.22. The van der Waals surface area contributed by atoms with Crippen LogP contribution in [0.2, 0.25) is 0 Å². The van der Waals surface area contributed by atoms with E-state index in [-0.39, 0.29) is 11.9 Å². The summed E-state index contributed by atoms with van der Waals surface area (Å²) in [5, 5.41) is 9.32. The highest BCUT2D eigenvalue weighted by molar-refractivity contribution is 7.13. The number of carbonyl (C=O) groups is 2. The molecule has 7 nitrogen and oxygen atoms in total. The highest BCUT2D eigenvalue weighted by Gasteiger charge is 2.42. The summed E-state index contributed by atoms with van der Waals surface area (Å²) in [5.41, 5.74) is 3.50. The third-order valence-electron chi connectivity index (χ3n) is 4.80. The maximum absolute atomic E-state index is 13.0. The summed E-state index contributed by atoms with van der Waals surface area (Å²) in [6, 6.07) is 10.8. The molecule has 144 valence electrons. The number of aromatic nitrogens is 2. The second kappa shape index (κ2) is 7.57. The van der Waals surface area contributed by atoms with E-state index in [0.717, 1.165) is 21.7 Å². The van der Waals surface area contributed by atoms with E-state index in [1.54, 1.807) is 35.5 Å². The van der Waals surface area contributed by atoms with Crippen LogP contribution in [0.3, 0.4) is 0 Å². The third kappa shape index (κ3) is 3.00. The molecule has 28 heavy (non-hydrogen) atoms. The molecule has 0 saturated carbocycles. The van der Waals surface area contributed by atoms with E-state index < -0.39 is 5.97 Å². The number of thiophene rings is 1. The van der Waals surface area contributed by atoms with Crippen molar-refractivity contribution in [1.82, 2.24) is 15.1 Å². The minimum absolute atomic E-state index is 0.131. The molecule has 0 unspecified atom stereocenters. The Morgan fingerprint density at radius 3 is 2.68 bits per heavy atom. The van der Waals surface area contributed by atoms with Gasteiger partial charge in [-0.15, -0.1) is 11.3 Å². The Labute approximate surface area is 165 Å². The van der Waals surface area contributed by atoms with Crippen LogP contribution in [0.25, 0.3) is 10.6 Å². The van der Waals surface area contributed by atoms with E-state index in [1.165, 1.54) is 7.11 Å². The number of aromatic amines is 1. The smallest absolute Gasteiger partial charge is 0.337 e. The standard InChI is InChI=1S/C20H19N3O4S/c1-26-10-9-23-18(12-5-7-13(8-6-12)20(25)27-2)15-16(14-4-3-11-28-14)21-22-17(15)19(23)24/h3-8,11,18H,9-10H2,1-2H3,(H,21,22)/t18-/m1/s1. The Bertz CT molecular complexity index is 995. The molecule has 0 bridgehead atoms. The zero-order valence-corrected chi connectivity index (χ0v) is 16.3. The lowest BCUT2D eigenvalue weighted by Gasteiger charge is -2.26. The molecule has 1 aliphatic rings. The lowest BCUT2D eigenvalue weighted by molar-refractivity contribution is 0.0599. The molecule has 0 spiro atoms. The molecular formula is C20H19N3O4S. The Kier molecular flexibility index (Phi) is 4.97. The maximum Gasteiger partial charge on any atom is 0.337 e. The van der Waals surface area contributed by atoms with Crippen molar-refractivity contribution in [3.63, 3.8) is 0 Å². The SMILES string of the molecule is COCCN1C(=O)c2n[nH]c(-c3cccs3)c2[C@H]1c1ccc(C(=O)OC)cc1. The van der Waals surface area contributed by atoms with Gasteiger partial charge in [0.05, 0.1) is 35.9 Å². The molecule has 0 fully saturated rings. The summed E-state index contributed by atoms with van der Waals surface area (Å²) in [6.07, 6.45) is 0. The average molecular weight is 397 g/mol. The van der Waals surface area contributed by atoms with Crippen LogP contribution in [0.5, 0.6) is 0 Å². The van der Waals surface area contributed by atoms with Crippen molar-refractivity contribution in [2.45, 2.75) is 6.04 Å². The summed E-state index contributed by atoms with van der Waals surface area (Å²) >= 11 is 1.59. The molecule has 8 heteroatoms. The van der Waals surface area contributed by atoms with Crippen molar-refractivity contribution in [3.8, 4) is 10.6 Å². The van der Waals surface area contributed by atoms with Gasteiger partial charge in [0.1, 0.15) is 0 Å². The van der Waals surface area contributed by atoms with Crippen LogP contribution in [0.4, 0.5) is 0 Å². The van der Waals surface area contributed by atoms with Crippen LogP contribution >= 0.6 is 11.3 Å². The lowest BCUT2D eigenvalue weighted by atomic mass is 9.97. The van der Waals surface area contributed by atoms with Gasteiger partial charge in [0, 0.05) is 19.2 Å². The third-order valence-corrected chi connectivity index (χ3v) is 5.69. The van der Waals surface area contributed by atoms with Gasteiger partial charge < -0.3 is 14.4 Å². The van der Waals surface area contributed by atoms with Crippen LogP contribution in [0.1, 0.15) is 38.0 Å². The average Bonchev–Trinajstić information content (AvgIpc) is 3.44. The first-order chi connectivity index (χ1) is 13.7. The summed E-state index contributed by atoms with van der Waals surface area (Å²) in [7, 11) is 2.96. The maximum atomic E-state index is 13.0. The second-order valence-electron chi connectivity index (χ2n) is 6.35. The number of esters is 1. The number of benzene rings is 1. The Morgan fingerprint density at radius 2 is 2.04 bits per heavy atom. The molecule has 1 N–H and O–H groups in total. The zero-order valence-electron chi connectivity index (χ0n) is 15.5. The van der Waals surface area contributed by atoms with E-state index in [1.807, 2.05) is 29.6 Å². The number of hydrogen-bond acceptors (Lipinski definition) is 6. The number of nitrogens with zero attached hydrogens (tertiary/aromatic N) is 2. The predicted molar refractivity (Wildman–Crippen MR) is 104 cm³/mol. The van der Waals surface area contributed by atoms with Crippen molar-refractivity contribution in [3.05, 3.63) is 64.2 Å². The first-order valence-corrected chi connectivity index (χ1v) is 9.64. The first-order valence-electron chi connectivity index (χ1n) is 8.76. The Morgan fingerprint density at radius 1 is 1.25 bits per heavy atom. The molecule has 1 atom stereocenters. The molecule has 0 aliphatic carbocycles. The number of fused-ring (bicyclic) bond motifs is 1. The van der Waals surface area contributed by atoms with E-state index in [4.69, 9.17) is 9.47 Å². The predicted octanol–water partition coefficient (Wildman–Crippen LogP) is 3.12. The van der Waals surface area contributed by atoms with Crippen LogP contribution < -0.4 is 0 Å². The van der Waals surface area contributed by atoms with Crippen LogP contribution in [0.15, 0.2) is 41.8 Å². The van der Waals surface area contributed by atoms with Gasteiger partial charge in [0.25, 0.3) is 5.91 Å².